The summed E-state index contributed by atoms with van der Waals surface area (Å²) in [5.41, 5.74) is 6.54. The Hall–Kier alpha value is -2.89. The molecule has 2 aliphatic rings. The monoisotopic (exact) mass is 487 g/mol. The van der Waals surface area contributed by atoms with E-state index in [9.17, 15) is 10.2 Å². The van der Waals surface area contributed by atoms with Gasteiger partial charge in [-0.1, -0.05) is 43.3 Å². The number of benzene rings is 3. The van der Waals surface area contributed by atoms with Crippen LogP contribution in [0.25, 0.3) is 11.1 Å². The molecule has 1 atom stereocenters. The van der Waals surface area contributed by atoms with Crippen LogP contribution in [0.2, 0.25) is 0 Å². The highest BCUT2D eigenvalue weighted by atomic mass is 32.2. The van der Waals surface area contributed by atoms with Crippen LogP contribution >= 0.6 is 11.8 Å². The number of likely N-dealkylation sites (tertiary alicyclic amines) is 1. The van der Waals surface area contributed by atoms with Gasteiger partial charge in [-0.05, 0) is 79.4 Å². The van der Waals surface area contributed by atoms with Gasteiger partial charge in [-0.25, -0.2) is 0 Å². The van der Waals surface area contributed by atoms with Crippen LogP contribution in [0.4, 0.5) is 0 Å². The Labute approximate surface area is 212 Å². The van der Waals surface area contributed by atoms with E-state index in [1.165, 1.54) is 31.6 Å². The van der Waals surface area contributed by atoms with Crippen molar-refractivity contribution in [3.05, 3.63) is 89.0 Å². The summed E-state index contributed by atoms with van der Waals surface area (Å²) in [5, 5.41) is 20.1. The molecule has 0 unspecified atom stereocenters. The molecule has 0 aromatic heterocycles. The van der Waals surface area contributed by atoms with Crippen molar-refractivity contribution in [3.63, 3.8) is 0 Å². The molecule has 2 aliphatic heterocycles. The summed E-state index contributed by atoms with van der Waals surface area (Å²) in [5.74, 6) is 1.83. The van der Waals surface area contributed by atoms with Crippen molar-refractivity contribution in [1.29, 1.82) is 0 Å². The second kappa shape index (κ2) is 9.63. The molecule has 4 nitrogen and oxygen atoms in total. The summed E-state index contributed by atoms with van der Waals surface area (Å²) in [6.45, 7) is 7.94. The fourth-order valence-corrected chi connectivity index (χ4v) is 6.51. The molecule has 1 saturated heterocycles. The van der Waals surface area contributed by atoms with Gasteiger partial charge >= 0.3 is 0 Å². The number of hydrogen-bond donors (Lipinski definition) is 2. The highest BCUT2D eigenvalue weighted by molar-refractivity contribution is 7.99. The normalized spacial score (nSPS) is 20.3. The fraction of sp³-hybridized carbons (Fsp3) is 0.333. The Bertz CT molecular complexity index is 1230. The number of thioether (sulfide) groups is 1. The van der Waals surface area contributed by atoms with Crippen molar-refractivity contribution in [2.45, 2.75) is 31.6 Å². The third-order valence-corrected chi connectivity index (χ3v) is 8.30. The third kappa shape index (κ3) is 4.43. The highest BCUT2D eigenvalue weighted by Gasteiger charge is 2.44. The Morgan fingerprint density at radius 3 is 2.31 bits per heavy atom. The molecule has 3 aromatic carbocycles. The maximum absolute atomic E-state index is 10.2. The predicted octanol–water partition coefficient (Wildman–Crippen LogP) is 6.52. The van der Waals surface area contributed by atoms with Crippen molar-refractivity contribution in [1.82, 2.24) is 4.90 Å². The van der Waals surface area contributed by atoms with Gasteiger partial charge in [-0.2, -0.15) is 0 Å². The molecule has 35 heavy (non-hydrogen) atoms. The van der Waals surface area contributed by atoms with Crippen LogP contribution in [0.1, 0.15) is 42.5 Å². The van der Waals surface area contributed by atoms with E-state index in [-0.39, 0.29) is 11.5 Å². The molecule has 1 fully saturated rings. The number of ether oxygens (including phenoxy) is 1. The van der Waals surface area contributed by atoms with Crippen LogP contribution in [0.5, 0.6) is 17.2 Å². The van der Waals surface area contributed by atoms with E-state index in [0.29, 0.717) is 5.75 Å². The predicted molar refractivity (Wildman–Crippen MR) is 145 cm³/mol. The molecule has 182 valence electrons. The molecule has 0 spiro atoms. The van der Waals surface area contributed by atoms with Crippen molar-refractivity contribution >= 4 is 22.9 Å². The number of phenols is 2. The fourth-order valence-electron chi connectivity index (χ4n) is 5.49. The van der Waals surface area contributed by atoms with E-state index in [1.54, 1.807) is 36.0 Å². The van der Waals surface area contributed by atoms with Gasteiger partial charge in [0.05, 0.1) is 0 Å². The lowest BCUT2D eigenvalue weighted by Crippen LogP contribution is -2.47. The van der Waals surface area contributed by atoms with Crippen LogP contribution in [0.15, 0.2) is 66.7 Å². The smallest absolute Gasteiger partial charge is 0.206 e. The average Bonchev–Trinajstić information content (AvgIpc) is 2.83. The first-order chi connectivity index (χ1) is 16.9. The summed E-state index contributed by atoms with van der Waals surface area (Å²) in [4.78, 5) is 1.75. The molecule has 2 heterocycles. The maximum Gasteiger partial charge on any atom is 0.206 e. The summed E-state index contributed by atoms with van der Waals surface area (Å²) < 4.78 is 6.77. The average molecular weight is 488 g/mol. The van der Waals surface area contributed by atoms with Crippen molar-refractivity contribution in [2.75, 3.05) is 25.9 Å². The van der Waals surface area contributed by atoms with Gasteiger partial charge in [0, 0.05) is 35.9 Å². The zero-order chi connectivity index (χ0) is 24.6. The molecule has 0 aliphatic carbocycles. The maximum atomic E-state index is 10.2. The van der Waals surface area contributed by atoms with Crippen LogP contribution in [-0.4, -0.2) is 41.0 Å². The molecular formula is C30H33NO3S. The number of hydrogen-bond acceptors (Lipinski definition) is 5. The highest BCUT2D eigenvalue weighted by Crippen LogP contribution is 2.55. The minimum absolute atomic E-state index is 0.188. The van der Waals surface area contributed by atoms with Crippen LogP contribution in [-0.2, 0) is 11.4 Å². The zero-order valence-corrected chi connectivity index (χ0v) is 21.4. The number of aromatic hydroxyl groups is 2. The van der Waals surface area contributed by atoms with E-state index in [4.69, 9.17) is 4.74 Å². The molecule has 3 aromatic rings. The van der Waals surface area contributed by atoms with Gasteiger partial charge in [0.1, 0.15) is 17.2 Å². The first-order valence-electron chi connectivity index (χ1n) is 12.3. The Balaban J connectivity index is 1.53. The second-order valence-corrected chi connectivity index (χ2v) is 10.7. The molecular weight excluding hydrogens is 454 g/mol. The van der Waals surface area contributed by atoms with E-state index < -0.39 is 4.93 Å². The minimum atomic E-state index is -0.783. The lowest BCUT2D eigenvalue weighted by Gasteiger charge is -2.41. The quantitative estimate of drug-likeness (QED) is 0.397. The van der Waals surface area contributed by atoms with E-state index in [1.807, 2.05) is 18.2 Å². The number of rotatable bonds is 7. The second-order valence-electron chi connectivity index (χ2n) is 9.68. The SMILES string of the molecule is CCCN1CC(Cc2ccc([C@]3(SC)Oc4cc(O)ccc4C(C)=C3c3ccc(O)cc3)cc2)C1. The van der Waals surface area contributed by atoms with Gasteiger partial charge in [-0.3, -0.25) is 0 Å². The van der Waals surface area contributed by atoms with Crippen molar-refractivity contribution in [2.24, 2.45) is 5.92 Å². The number of phenolic OH excluding ortho intramolecular Hbond substituents is 2. The third-order valence-electron chi connectivity index (χ3n) is 7.20. The molecule has 0 radical (unpaired) electrons. The lowest BCUT2D eigenvalue weighted by atomic mass is 9.84. The first-order valence-corrected chi connectivity index (χ1v) is 13.6. The number of nitrogens with zero attached hydrogens (tertiary/aromatic N) is 1. The summed E-state index contributed by atoms with van der Waals surface area (Å²) in [6, 6.07) is 21.5. The molecule has 0 amide bonds. The molecule has 0 saturated carbocycles. The minimum Gasteiger partial charge on any atom is -0.508 e. The van der Waals surface area contributed by atoms with Gasteiger partial charge in [0.2, 0.25) is 4.93 Å². The Kier molecular flexibility index (Phi) is 6.56. The largest absolute Gasteiger partial charge is 0.508 e. The van der Waals surface area contributed by atoms with Crippen LogP contribution < -0.4 is 4.74 Å². The molecule has 0 bridgehead atoms. The van der Waals surface area contributed by atoms with Crippen LogP contribution in [0, 0.1) is 5.92 Å². The summed E-state index contributed by atoms with van der Waals surface area (Å²) >= 11 is 1.64. The zero-order valence-electron chi connectivity index (χ0n) is 20.6. The van der Waals surface area contributed by atoms with Gasteiger partial charge in [0.25, 0.3) is 0 Å². The van der Waals surface area contributed by atoms with Gasteiger partial charge in [-0.15, -0.1) is 11.8 Å². The van der Waals surface area contributed by atoms with Gasteiger partial charge < -0.3 is 19.8 Å². The lowest BCUT2D eigenvalue weighted by molar-refractivity contribution is 0.101. The van der Waals surface area contributed by atoms with Crippen molar-refractivity contribution < 1.29 is 14.9 Å². The van der Waals surface area contributed by atoms with Gasteiger partial charge in [0.15, 0.2) is 0 Å². The Morgan fingerprint density at radius 2 is 1.66 bits per heavy atom. The van der Waals surface area contributed by atoms with Crippen LogP contribution in [0.3, 0.4) is 0 Å². The van der Waals surface area contributed by atoms with E-state index in [0.717, 1.165) is 40.2 Å². The Morgan fingerprint density at radius 1 is 0.971 bits per heavy atom. The standard InChI is InChI=1S/C30H33NO3S/c1-4-15-31-18-22(19-31)16-21-5-9-24(10-6-21)30(35-3)29(23-7-11-25(32)12-8-23)20(2)27-14-13-26(33)17-28(27)34-30/h5-14,17,22,32-33H,4,15-16,18-19H2,1-3H3/t30-/m1/s1. The first kappa shape index (κ1) is 23.8. The summed E-state index contributed by atoms with van der Waals surface area (Å²) in [6.07, 6.45) is 4.38. The number of allylic oxidation sites excluding steroid dienone is 1. The summed E-state index contributed by atoms with van der Waals surface area (Å²) in [7, 11) is 0. The molecule has 5 rings (SSSR count). The topological polar surface area (TPSA) is 52.9 Å². The molecule has 5 heteroatoms. The molecule has 2 N–H and O–H groups in total. The van der Waals surface area contributed by atoms with E-state index >= 15 is 0 Å². The van der Waals surface area contributed by atoms with Crippen molar-refractivity contribution in [3.8, 4) is 17.2 Å². The number of fused-ring (bicyclic) bond motifs is 1. The van der Waals surface area contributed by atoms with E-state index in [2.05, 4.69) is 49.3 Å².